The highest BCUT2D eigenvalue weighted by Gasteiger charge is 2.19. The van der Waals surface area contributed by atoms with Crippen LogP contribution in [0.2, 0.25) is 0 Å². The summed E-state index contributed by atoms with van der Waals surface area (Å²) in [4.78, 5) is 14.0. The van der Waals surface area contributed by atoms with Gasteiger partial charge in [-0.1, -0.05) is 24.3 Å². The van der Waals surface area contributed by atoms with E-state index in [0.717, 1.165) is 32.5 Å². The Hall–Kier alpha value is -1.35. The van der Waals surface area contributed by atoms with E-state index in [1.807, 2.05) is 18.0 Å². The molecule has 0 radical (unpaired) electrons. The van der Waals surface area contributed by atoms with Crippen molar-refractivity contribution in [1.82, 2.24) is 10.2 Å². The molecule has 1 aliphatic rings. The lowest BCUT2D eigenvalue weighted by Crippen LogP contribution is -2.36. The monoisotopic (exact) mass is 232 g/mol. The second kappa shape index (κ2) is 5.82. The van der Waals surface area contributed by atoms with E-state index in [9.17, 15) is 4.79 Å². The number of nitrogens with zero attached hydrogens (tertiary/aromatic N) is 1. The van der Waals surface area contributed by atoms with Gasteiger partial charge in [-0.25, -0.2) is 0 Å². The minimum absolute atomic E-state index is 0.287. The zero-order valence-corrected chi connectivity index (χ0v) is 10.4. The fraction of sp³-hybridized carbons (Fsp3) is 0.500. The van der Waals surface area contributed by atoms with Crippen molar-refractivity contribution in [2.75, 3.05) is 20.1 Å². The number of carbonyl (C=O) groups is 1. The van der Waals surface area contributed by atoms with Gasteiger partial charge in [0.25, 0.3) is 0 Å². The summed E-state index contributed by atoms with van der Waals surface area (Å²) in [5.41, 5.74) is 2.70. The predicted molar refractivity (Wildman–Crippen MR) is 68.7 cm³/mol. The minimum atomic E-state index is 0.287. The lowest BCUT2D eigenvalue weighted by molar-refractivity contribution is -0.132. The van der Waals surface area contributed by atoms with Crippen molar-refractivity contribution in [3.05, 3.63) is 35.4 Å². The number of fused-ring (bicyclic) bond motifs is 1. The first kappa shape index (κ1) is 12.1. The molecule has 1 heterocycles. The Morgan fingerprint density at radius 3 is 2.88 bits per heavy atom. The van der Waals surface area contributed by atoms with Crippen LogP contribution >= 0.6 is 0 Å². The molecule has 3 heteroatoms. The van der Waals surface area contributed by atoms with Crippen molar-refractivity contribution in [3.8, 4) is 0 Å². The number of hydrogen-bond donors (Lipinski definition) is 1. The maximum Gasteiger partial charge on any atom is 0.222 e. The summed E-state index contributed by atoms with van der Waals surface area (Å²) in [6.45, 7) is 2.57. The van der Waals surface area contributed by atoms with Gasteiger partial charge in [-0.3, -0.25) is 4.79 Å². The summed E-state index contributed by atoms with van der Waals surface area (Å²) in [7, 11) is 1.92. The van der Waals surface area contributed by atoms with Gasteiger partial charge in [-0.2, -0.15) is 0 Å². The molecule has 1 aliphatic heterocycles. The van der Waals surface area contributed by atoms with Crippen LogP contribution in [0.5, 0.6) is 0 Å². The predicted octanol–water partition coefficient (Wildman–Crippen LogP) is 1.57. The van der Waals surface area contributed by atoms with E-state index < -0.39 is 0 Å². The van der Waals surface area contributed by atoms with E-state index in [0.29, 0.717) is 6.42 Å². The minimum Gasteiger partial charge on any atom is -0.338 e. The van der Waals surface area contributed by atoms with Gasteiger partial charge in [-0.15, -0.1) is 0 Å². The van der Waals surface area contributed by atoms with Crippen LogP contribution in [0.1, 0.15) is 24.0 Å². The molecule has 0 atom stereocenters. The molecule has 2 rings (SSSR count). The highest BCUT2D eigenvalue weighted by molar-refractivity contribution is 5.76. The topological polar surface area (TPSA) is 32.3 Å². The van der Waals surface area contributed by atoms with Gasteiger partial charge in [-0.05, 0) is 37.6 Å². The van der Waals surface area contributed by atoms with E-state index >= 15 is 0 Å². The third-order valence-corrected chi connectivity index (χ3v) is 3.30. The lowest BCUT2D eigenvalue weighted by atomic mass is 9.99. The van der Waals surface area contributed by atoms with Crippen molar-refractivity contribution in [3.63, 3.8) is 0 Å². The van der Waals surface area contributed by atoms with Crippen LogP contribution in [0.25, 0.3) is 0 Å². The van der Waals surface area contributed by atoms with E-state index in [4.69, 9.17) is 0 Å². The van der Waals surface area contributed by atoms with Gasteiger partial charge in [0.05, 0.1) is 0 Å². The molecule has 0 aliphatic carbocycles. The molecule has 92 valence electrons. The Bertz CT molecular complexity index is 390. The Balaban J connectivity index is 1.91. The van der Waals surface area contributed by atoms with Gasteiger partial charge < -0.3 is 10.2 Å². The first-order valence-corrected chi connectivity index (χ1v) is 6.30. The quantitative estimate of drug-likeness (QED) is 0.799. The van der Waals surface area contributed by atoms with Gasteiger partial charge in [0.2, 0.25) is 5.91 Å². The number of carbonyl (C=O) groups excluding carboxylic acids is 1. The van der Waals surface area contributed by atoms with Crippen LogP contribution in [-0.4, -0.2) is 30.9 Å². The number of benzene rings is 1. The van der Waals surface area contributed by atoms with E-state index in [2.05, 4.69) is 23.5 Å². The molecule has 17 heavy (non-hydrogen) atoms. The molecule has 1 aromatic carbocycles. The van der Waals surface area contributed by atoms with E-state index in [1.54, 1.807) is 0 Å². The summed E-state index contributed by atoms with van der Waals surface area (Å²) >= 11 is 0. The van der Waals surface area contributed by atoms with Gasteiger partial charge in [0.1, 0.15) is 0 Å². The van der Waals surface area contributed by atoms with Crippen LogP contribution in [0, 0.1) is 0 Å². The van der Waals surface area contributed by atoms with Crippen molar-refractivity contribution in [2.45, 2.75) is 25.8 Å². The Kier molecular flexibility index (Phi) is 4.15. The molecule has 0 unspecified atom stereocenters. The zero-order chi connectivity index (χ0) is 12.1. The first-order valence-electron chi connectivity index (χ1n) is 6.30. The Labute approximate surface area is 103 Å². The molecular weight excluding hydrogens is 212 g/mol. The second-order valence-electron chi connectivity index (χ2n) is 4.54. The summed E-state index contributed by atoms with van der Waals surface area (Å²) < 4.78 is 0. The molecule has 0 fully saturated rings. The first-order chi connectivity index (χ1) is 8.31. The van der Waals surface area contributed by atoms with Crippen LogP contribution in [-0.2, 0) is 17.8 Å². The van der Waals surface area contributed by atoms with Crippen LogP contribution in [0.15, 0.2) is 24.3 Å². The standard InChI is InChI=1S/C14H20N2O/c1-15-9-4-7-14(17)16-10-8-12-5-2-3-6-13(12)11-16/h2-3,5-6,15H,4,7-11H2,1H3. The van der Waals surface area contributed by atoms with E-state index in [1.165, 1.54) is 11.1 Å². The Morgan fingerprint density at radius 2 is 2.12 bits per heavy atom. The fourth-order valence-corrected chi connectivity index (χ4v) is 2.28. The van der Waals surface area contributed by atoms with E-state index in [-0.39, 0.29) is 5.91 Å². The molecule has 0 saturated heterocycles. The molecule has 1 amide bonds. The summed E-state index contributed by atoms with van der Waals surface area (Å²) in [5, 5.41) is 3.07. The van der Waals surface area contributed by atoms with Crippen LogP contribution < -0.4 is 5.32 Å². The third-order valence-electron chi connectivity index (χ3n) is 3.30. The largest absolute Gasteiger partial charge is 0.338 e. The molecule has 0 bridgehead atoms. The van der Waals surface area contributed by atoms with Crippen molar-refractivity contribution >= 4 is 5.91 Å². The summed E-state index contributed by atoms with van der Waals surface area (Å²) in [6, 6.07) is 8.41. The number of rotatable bonds is 4. The lowest BCUT2D eigenvalue weighted by Gasteiger charge is -2.29. The summed E-state index contributed by atoms with van der Waals surface area (Å²) in [5.74, 6) is 0.287. The Morgan fingerprint density at radius 1 is 1.35 bits per heavy atom. The second-order valence-corrected chi connectivity index (χ2v) is 4.54. The third kappa shape index (κ3) is 3.07. The van der Waals surface area contributed by atoms with Crippen molar-refractivity contribution in [2.24, 2.45) is 0 Å². The molecule has 1 N–H and O–H groups in total. The molecule has 3 nitrogen and oxygen atoms in total. The maximum absolute atomic E-state index is 12.0. The van der Waals surface area contributed by atoms with Crippen molar-refractivity contribution in [1.29, 1.82) is 0 Å². The molecule has 0 spiro atoms. The van der Waals surface area contributed by atoms with Crippen LogP contribution in [0.4, 0.5) is 0 Å². The SMILES string of the molecule is CNCCCC(=O)N1CCc2ccccc2C1. The van der Waals surface area contributed by atoms with Crippen LogP contribution in [0.3, 0.4) is 0 Å². The average molecular weight is 232 g/mol. The highest BCUT2D eigenvalue weighted by atomic mass is 16.2. The number of hydrogen-bond acceptors (Lipinski definition) is 2. The molecular formula is C14H20N2O. The number of amides is 1. The smallest absolute Gasteiger partial charge is 0.222 e. The number of nitrogens with one attached hydrogen (secondary N) is 1. The molecule has 0 aromatic heterocycles. The highest BCUT2D eigenvalue weighted by Crippen LogP contribution is 2.19. The van der Waals surface area contributed by atoms with Gasteiger partial charge >= 0.3 is 0 Å². The molecule has 1 aromatic rings. The fourth-order valence-electron chi connectivity index (χ4n) is 2.28. The van der Waals surface area contributed by atoms with Crippen molar-refractivity contribution < 1.29 is 4.79 Å². The normalized spacial score (nSPS) is 14.5. The summed E-state index contributed by atoms with van der Waals surface area (Å²) in [6.07, 6.45) is 2.57. The van der Waals surface area contributed by atoms with Gasteiger partial charge in [0.15, 0.2) is 0 Å². The average Bonchev–Trinajstić information content (AvgIpc) is 2.38. The zero-order valence-electron chi connectivity index (χ0n) is 10.4. The maximum atomic E-state index is 12.0. The molecule has 0 saturated carbocycles. The van der Waals surface area contributed by atoms with Gasteiger partial charge in [0, 0.05) is 19.5 Å².